The van der Waals surface area contributed by atoms with Gasteiger partial charge in [0.2, 0.25) is 0 Å². The lowest BCUT2D eigenvalue weighted by Crippen LogP contribution is -2.27. The van der Waals surface area contributed by atoms with E-state index in [4.69, 9.17) is 5.73 Å². The van der Waals surface area contributed by atoms with Crippen LogP contribution in [0.15, 0.2) is 12.1 Å². The van der Waals surface area contributed by atoms with E-state index in [0.29, 0.717) is 6.07 Å². The molecule has 84 valence electrons. The van der Waals surface area contributed by atoms with E-state index in [0.717, 1.165) is 6.07 Å². The topological polar surface area (TPSA) is 26.0 Å². The van der Waals surface area contributed by atoms with Gasteiger partial charge in [0.1, 0.15) is 5.82 Å². The molecule has 0 aliphatic heterocycles. The third-order valence-corrected chi connectivity index (χ3v) is 2.31. The average molecular weight is 217 g/mol. The van der Waals surface area contributed by atoms with E-state index in [9.17, 15) is 13.2 Å². The fraction of sp³-hybridized carbons (Fsp3) is 0.455. The molecule has 1 aromatic carbocycles. The monoisotopic (exact) mass is 217 g/mol. The van der Waals surface area contributed by atoms with Gasteiger partial charge in [0.15, 0.2) is 11.6 Å². The lowest BCUT2D eigenvalue weighted by Gasteiger charge is -2.27. The largest absolute Gasteiger partial charge is 0.323 e. The Bertz CT molecular complexity index is 369. The van der Waals surface area contributed by atoms with Gasteiger partial charge in [-0.15, -0.1) is 0 Å². The summed E-state index contributed by atoms with van der Waals surface area (Å²) < 4.78 is 38.9. The van der Waals surface area contributed by atoms with Crippen molar-refractivity contribution >= 4 is 0 Å². The number of hydrogen-bond donors (Lipinski definition) is 1. The third kappa shape index (κ3) is 2.50. The van der Waals surface area contributed by atoms with Crippen LogP contribution in [0, 0.1) is 22.9 Å². The van der Waals surface area contributed by atoms with Crippen molar-refractivity contribution in [3.63, 3.8) is 0 Å². The second-order valence-electron chi connectivity index (χ2n) is 4.63. The van der Waals surface area contributed by atoms with Gasteiger partial charge in [0.25, 0.3) is 0 Å². The van der Waals surface area contributed by atoms with E-state index in [1.54, 1.807) is 20.8 Å². The number of nitrogens with two attached hydrogens (primary N) is 1. The van der Waals surface area contributed by atoms with Crippen molar-refractivity contribution in [2.45, 2.75) is 26.8 Å². The molecule has 1 rings (SSSR count). The molecule has 0 aliphatic carbocycles. The van der Waals surface area contributed by atoms with Gasteiger partial charge in [-0.05, 0) is 11.5 Å². The summed E-state index contributed by atoms with van der Waals surface area (Å²) in [7, 11) is 0. The third-order valence-electron chi connectivity index (χ3n) is 2.31. The number of benzene rings is 1. The molecule has 0 aliphatic rings. The fourth-order valence-electron chi connectivity index (χ4n) is 1.24. The first-order valence-electron chi connectivity index (χ1n) is 4.63. The number of halogens is 3. The van der Waals surface area contributed by atoms with E-state index in [1.165, 1.54) is 0 Å². The van der Waals surface area contributed by atoms with Gasteiger partial charge in [-0.25, -0.2) is 13.2 Å². The Hall–Kier alpha value is -1.03. The molecule has 2 N–H and O–H groups in total. The molecule has 0 amide bonds. The van der Waals surface area contributed by atoms with Crippen LogP contribution in [-0.2, 0) is 0 Å². The zero-order chi connectivity index (χ0) is 11.8. The van der Waals surface area contributed by atoms with Crippen LogP contribution < -0.4 is 5.73 Å². The highest BCUT2D eigenvalue weighted by molar-refractivity contribution is 5.24. The van der Waals surface area contributed by atoms with Crippen LogP contribution in [0.1, 0.15) is 32.4 Å². The molecule has 0 radical (unpaired) electrons. The Balaban J connectivity index is 3.21. The Kier molecular flexibility index (Phi) is 3.09. The number of hydrogen-bond acceptors (Lipinski definition) is 1. The molecular formula is C11H14F3N. The van der Waals surface area contributed by atoms with Crippen LogP contribution in [0.3, 0.4) is 0 Å². The van der Waals surface area contributed by atoms with E-state index in [1.807, 2.05) is 0 Å². The molecule has 1 nitrogen and oxygen atoms in total. The van der Waals surface area contributed by atoms with Crippen LogP contribution in [0.4, 0.5) is 13.2 Å². The van der Waals surface area contributed by atoms with Gasteiger partial charge < -0.3 is 5.73 Å². The first kappa shape index (κ1) is 12.0. The maximum Gasteiger partial charge on any atom is 0.161 e. The molecular weight excluding hydrogens is 203 g/mol. The van der Waals surface area contributed by atoms with Crippen molar-refractivity contribution in [2.75, 3.05) is 0 Å². The second-order valence-corrected chi connectivity index (χ2v) is 4.63. The molecule has 0 aromatic heterocycles. The molecule has 4 heteroatoms. The van der Waals surface area contributed by atoms with Crippen LogP contribution in [0.5, 0.6) is 0 Å². The summed E-state index contributed by atoms with van der Waals surface area (Å²) in [6, 6.07) is 0.671. The van der Waals surface area contributed by atoms with Crippen LogP contribution in [0.25, 0.3) is 0 Å². The standard InChI is InChI=1S/C11H14F3N/c1-11(2,3)10(15)6-4-8(13)9(14)5-7(6)12/h4-5,10H,15H2,1-3H3. The minimum absolute atomic E-state index is 0.00130. The van der Waals surface area contributed by atoms with Gasteiger partial charge in [0.05, 0.1) is 0 Å². The lowest BCUT2D eigenvalue weighted by molar-refractivity contribution is 0.317. The highest BCUT2D eigenvalue weighted by atomic mass is 19.2. The van der Waals surface area contributed by atoms with Crippen LogP contribution in [0.2, 0.25) is 0 Å². The lowest BCUT2D eigenvalue weighted by atomic mass is 9.83. The van der Waals surface area contributed by atoms with Gasteiger partial charge in [-0.2, -0.15) is 0 Å². The summed E-state index contributed by atoms with van der Waals surface area (Å²) in [5.74, 6) is -3.08. The Morgan fingerprint density at radius 1 is 1.00 bits per heavy atom. The molecule has 0 fully saturated rings. The highest BCUT2D eigenvalue weighted by Gasteiger charge is 2.26. The SMILES string of the molecule is CC(C)(C)C(N)c1cc(F)c(F)cc1F. The van der Waals surface area contributed by atoms with Crippen LogP contribution in [-0.4, -0.2) is 0 Å². The predicted molar refractivity (Wildman–Crippen MR) is 52.7 cm³/mol. The molecule has 1 atom stereocenters. The summed E-state index contributed by atoms with van der Waals surface area (Å²) in [5.41, 5.74) is 5.35. The van der Waals surface area contributed by atoms with Crippen molar-refractivity contribution in [2.24, 2.45) is 11.1 Å². The zero-order valence-electron chi connectivity index (χ0n) is 8.94. The van der Waals surface area contributed by atoms with Crippen molar-refractivity contribution < 1.29 is 13.2 Å². The fourth-order valence-corrected chi connectivity index (χ4v) is 1.24. The minimum Gasteiger partial charge on any atom is -0.323 e. The summed E-state index contributed by atoms with van der Waals surface area (Å²) in [5, 5.41) is 0. The smallest absolute Gasteiger partial charge is 0.161 e. The Morgan fingerprint density at radius 2 is 1.47 bits per heavy atom. The Labute approximate surface area is 87.1 Å². The molecule has 0 spiro atoms. The second kappa shape index (κ2) is 3.85. The van der Waals surface area contributed by atoms with Crippen LogP contribution >= 0.6 is 0 Å². The van der Waals surface area contributed by atoms with Gasteiger partial charge in [0, 0.05) is 17.7 Å². The Morgan fingerprint density at radius 3 is 1.93 bits per heavy atom. The maximum absolute atomic E-state index is 13.3. The summed E-state index contributed by atoms with van der Waals surface area (Å²) >= 11 is 0. The highest BCUT2D eigenvalue weighted by Crippen LogP contribution is 2.32. The molecule has 0 saturated heterocycles. The van der Waals surface area contributed by atoms with Gasteiger partial charge >= 0.3 is 0 Å². The normalized spacial score (nSPS) is 14.1. The van der Waals surface area contributed by atoms with Gasteiger partial charge in [-0.1, -0.05) is 20.8 Å². The summed E-state index contributed by atoms with van der Waals surface area (Å²) in [6.07, 6.45) is 0. The molecule has 1 unspecified atom stereocenters. The van der Waals surface area contributed by atoms with Crippen molar-refractivity contribution in [3.05, 3.63) is 35.1 Å². The molecule has 0 heterocycles. The summed E-state index contributed by atoms with van der Waals surface area (Å²) in [4.78, 5) is 0. The van der Waals surface area contributed by atoms with E-state index in [-0.39, 0.29) is 5.56 Å². The molecule has 15 heavy (non-hydrogen) atoms. The maximum atomic E-state index is 13.3. The van der Waals surface area contributed by atoms with E-state index < -0.39 is 28.9 Å². The molecule has 0 bridgehead atoms. The average Bonchev–Trinajstić information content (AvgIpc) is 2.08. The van der Waals surface area contributed by atoms with Crippen molar-refractivity contribution in [1.29, 1.82) is 0 Å². The zero-order valence-corrected chi connectivity index (χ0v) is 8.94. The first-order chi connectivity index (χ1) is 6.73. The molecule has 0 saturated carbocycles. The quantitative estimate of drug-likeness (QED) is 0.718. The number of rotatable bonds is 1. The van der Waals surface area contributed by atoms with E-state index in [2.05, 4.69) is 0 Å². The first-order valence-corrected chi connectivity index (χ1v) is 4.63. The predicted octanol–water partition coefficient (Wildman–Crippen LogP) is 3.15. The van der Waals surface area contributed by atoms with E-state index >= 15 is 0 Å². The molecule has 1 aromatic rings. The van der Waals surface area contributed by atoms with Crippen molar-refractivity contribution in [1.82, 2.24) is 0 Å². The minimum atomic E-state index is -1.20. The summed E-state index contributed by atoms with van der Waals surface area (Å²) in [6.45, 7) is 5.41. The van der Waals surface area contributed by atoms with Crippen molar-refractivity contribution in [3.8, 4) is 0 Å². The van der Waals surface area contributed by atoms with Gasteiger partial charge in [-0.3, -0.25) is 0 Å².